The summed E-state index contributed by atoms with van der Waals surface area (Å²) in [7, 11) is 0. The van der Waals surface area contributed by atoms with Crippen LogP contribution in [0.25, 0.3) is 0 Å². The summed E-state index contributed by atoms with van der Waals surface area (Å²) in [5, 5.41) is 3.16. The van der Waals surface area contributed by atoms with Crippen LogP contribution < -0.4 is 5.32 Å². The van der Waals surface area contributed by atoms with Crippen LogP contribution in [0.4, 0.5) is 8.78 Å². The Morgan fingerprint density at radius 1 is 1.42 bits per heavy atom. The van der Waals surface area contributed by atoms with Crippen LogP contribution in [0.5, 0.6) is 0 Å². The van der Waals surface area contributed by atoms with Crippen molar-refractivity contribution in [3.63, 3.8) is 0 Å². The molecule has 0 aliphatic carbocycles. The lowest BCUT2D eigenvalue weighted by Gasteiger charge is -2.46. The Kier molecular flexibility index (Phi) is 2.04. The molecule has 70 valence electrons. The van der Waals surface area contributed by atoms with E-state index in [9.17, 15) is 8.78 Å². The average molecular weight is 176 g/mol. The number of nitrogens with one attached hydrogen (secondary N) is 1. The van der Waals surface area contributed by atoms with Gasteiger partial charge in [-0.2, -0.15) is 0 Å². The lowest BCUT2D eigenvalue weighted by Crippen LogP contribution is -2.66. The van der Waals surface area contributed by atoms with Crippen LogP contribution in [0.3, 0.4) is 0 Å². The number of halogens is 2. The second-order valence-electron chi connectivity index (χ2n) is 3.77. The molecule has 2 nitrogen and oxygen atoms in total. The first kappa shape index (κ1) is 8.38. The molecule has 0 unspecified atom stereocenters. The van der Waals surface area contributed by atoms with Crippen molar-refractivity contribution >= 4 is 0 Å². The van der Waals surface area contributed by atoms with E-state index in [1.54, 1.807) is 0 Å². The molecule has 2 fully saturated rings. The fourth-order valence-electron chi connectivity index (χ4n) is 2.26. The standard InChI is InChI=1S/C8H14F2N2/c9-7(10)4-12-3-1-2-8(12)5-11-6-8/h7,11H,1-6H2. The molecule has 0 bridgehead atoms. The van der Waals surface area contributed by atoms with Gasteiger partial charge in [0.15, 0.2) is 0 Å². The van der Waals surface area contributed by atoms with Gasteiger partial charge in [0.05, 0.1) is 6.54 Å². The van der Waals surface area contributed by atoms with Crippen LogP contribution in [0, 0.1) is 0 Å². The highest BCUT2D eigenvalue weighted by Gasteiger charge is 2.46. The lowest BCUT2D eigenvalue weighted by molar-refractivity contribution is 0.0187. The molecular formula is C8H14F2N2. The van der Waals surface area contributed by atoms with Crippen molar-refractivity contribution in [2.24, 2.45) is 0 Å². The van der Waals surface area contributed by atoms with Gasteiger partial charge in [-0.15, -0.1) is 0 Å². The Balaban J connectivity index is 1.95. The first-order valence-electron chi connectivity index (χ1n) is 4.47. The molecule has 0 aromatic carbocycles. The highest BCUT2D eigenvalue weighted by molar-refractivity contribution is 5.05. The summed E-state index contributed by atoms with van der Waals surface area (Å²) in [4.78, 5) is 1.95. The van der Waals surface area contributed by atoms with Gasteiger partial charge in [-0.1, -0.05) is 0 Å². The van der Waals surface area contributed by atoms with Crippen molar-refractivity contribution in [2.45, 2.75) is 24.8 Å². The first-order valence-corrected chi connectivity index (χ1v) is 4.47. The van der Waals surface area contributed by atoms with E-state index in [0.717, 1.165) is 32.5 Å². The van der Waals surface area contributed by atoms with Crippen LogP contribution in [0.1, 0.15) is 12.8 Å². The van der Waals surface area contributed by atoms with Crippen LogP contribution in [0.2, 0.25) is 0 Å². The lowest BCUT2D eigenvalue weighted by atomic mass is 9.89. The Hall–Kier alpha value is -0.220. The van der Waals surface area contributed by atoms with E-state index in [-0.39, 0.29) is 12.1 Å². The molecule has 2 aliphatic heterocycles. The van der Waals surface area contributed by atoms with Crippen molar-refractivity contribution < 1.29 is 8.78 Å². The molecule has 2 heterocycles. The minimum atomic E-state index is -2.18. The molecule has 0 radical (unpaired) electrons. The maximum absolute atomic E-state index is 12.1. The molecule has 1 N–H and O–H groups in total. The van der Waals surface area contributed by atoms with E-state index in [1.165, 1.54) is 0 Å². The molecule has 0 amide bonds. The van der Waals surface area contributed by atoms with Crippen molar-refractivity contribution in [3.05, 3.63) is 0 Å². The predicted octanol–water partition coefficient (Wildman–Crippen LogP) is 0.689. The predicted molar refractivity (Wildman–Crippen MR) is 42.4 cm³/mol. The summed E-state index contributed by atoms with van der Waals surface area (Å²) >= 11 is 0. The maximum Gasteiger partial charge on any atom is 0.251 e. The molecule has 2 saturated heterocycles. The Morgan fingerprint density at radius 2 is 2.17 bits per heavy atom. The molecule has 12 heavy (non-hydrogen) atoms. The third-order valence-corrected chi connectivity index (χ3v) is 3.01. The minimum Gasteiger partial charge on any atom is -0.313 e. The Morgan fingerprint density at radius 3 is 2.67 bits per heavy atom. The molecule has 0 aromatic rings. The van der Waals surface area contributed by atoms with Gasteiger partial charge in [-0.05, 0) is 19.4 Å². The quantitative estimate of drug-likeness (QED) is 0.666. The van der Waals surface area contributed by atoms with Gasteiger partial charge in [0.1, 0.15) is 0 Å². The van der Waals surface area contributed by atoms with Gasteiger partial charge in [0.2, 0.25) is 0 Å². The number of alkyl halides is 2. The summed E-state index contributed by atoms with van der Waals surface area (Å²) in [6.07, 6.45) is -0.0122. The van der Waals surface area contributed by atoms with Crippen LogP contribution >= 0.6 is 0 Å². The van der Waals surface area contributed by atoms with Crippen LogP contribution in [-0.2, 0) is 0 Å². The highest BCUT2D eigenvalue weighted by Crippen LogP contribution is 2.32. The zero-order chi connectivity index (χ0) is 8.60. The van der Waals surface area contributed by atoms with E-state index >= 15 is 0 Å². The SMILES string of the molecule is FC(F)CN1CCCC12CNC2. The van der Waals surface area contributed by atoms with E-state index < -0.39 is 6.43 Å². The van der Waals surface area contributed by atoms with Gasteiger partial charge in [0.25, 0.3) is 6.43 Å². The van der Waals surface area contributed by atoms with Crippen molar-refractivity contribution in [3.8, 4) is 0 Å². The molecule has 2 rings (SSSR count). The number of hydrogen-bond donors (Lipinski definition) is 1. The minimum absolute atomic E-state index is 0.0400. The number of nitrogens with zero attached hydrogens (tertiary/aromatic N) is 1. The zero-order valence-corrected chi connectivity index (χ0v) is 7.02. The molecule has 2 aliphatic rings. The number of likely N-dealkylation sites (tertiary alicyclic amines) is 1. The van der Waals surface area contributed by atoms with Crippen molar-refractivity contribution in [1.29, 1.82) is 0 Å². The summed E-state index contributed by atoms with van der Waals surface area (Å²) in [6.45, 7) is 2.62. The van der Waals surface area contributed by atoms with Crippen LogP contribution in [0.15, 0.2) is 0 Å². The smallest absolute Gasteiger partial charge is 0.251 e. The average Bonchev–Trinajstić information content (AvgIpc) is 2.28. The summed E-state index contributed by atoms with van der Waals surface area (Å²) < 4.78 is 24.3. The molecule has 0 atom stereocenters. The maximum atomic E-state index is 12.1. The van der Waals surface area contributed by atoms with Gasteiger partial charge < -0.3 is 5.32 Å². The van der Waals surface area contributed by atoms with Gasteiger partial charge in [-0.25, -0.2) is 8.78 Å². The van der Waals surface area contributed by atoms with Crippen LogP contribution in [-0.4, -0.2) is 43.0 Å². The summed E-state index contributed by atoms with van der Waals surface area (Å²) in [6, 6.07) is 0. The third kappa shape index (κ3) is 1.23. The zero-order valence-electron chi connectivity index (χ0n) is 7.02. The topological polar surface area (TPSA) is 15.3 Å². The van der Waals surface area contributed by atoms with E-state index in [1.807, 2.05) is 4.90 Å². The fourth-order valence-corrected chi connectivity index (χ4v) is 2.26. The molecule has 1 spiro atoms. The monoisotopic (exact) mass is 176 g/mol. The van der Waals surface area contributed by atoms with E-state index in [2.05, 4.69) is 5.32 Å². The summed E-state index contributed by atoms with van der Waals surface area (Å²) in [5.41, 5.74) is 0.108. The number of rotatable bonds is 2. The molecule has 0 aromatic heterocycles. The van der Waals surface area contributed by atoms with E-state index in [4.69, 9.17) is 0 Å². The second-order valence-corrected chi connectivity index (χ2v) is 3.77. The third-order valence-electron chi connectivity index (χ3n) is 3.01. The molecular weight excluding hydrogens is 162 g/mol. The first-order chi connectivity index (χ1) is 5.73. The largest absolute Gasteiger partial charge is 0.313 e. The molecule has 0 saturated carbocycles. The van der Waals surface area contributed by atoms with Crippen molar-refractivity contribution in [1.82, 2.24) is 10.2 Å². The highest BCUT2D eigenvalue weighted by atomic mass is 19.3. The van der Waals surface area contributed by atoms with Gasteiger partial charge in [0, 0.05) is 18.6 Å². The Bertz CT molecular complexity index is 168. The normalized spacial score (nSPS) is 28.2. The van der Waals surface area contributed by atoms with Gasteiger partial charge >= 0.3 is 0 Å². The summed E-state index contributed by atoms with van der Waals surface area (Å²) in [5.74, 6) is 0. The van der Waals surface area contributed by atoms with Gasteiger partial charge in [-0.3, -0.25) is 4.90 Å². The second kappa shape index (κ2) is 2.92. The fraction of sp³-hybridized carbons (Fsp3) is 1.00. The van der Waals surface area contributed by atoms with E-state index in [0.29, 0.717) is 0 Å². The molecule has 4 heteroatoms. The number of hydrogen-bond acceptors (Lipinski definition) is 2. The Labute approximate surface area is 70.9 Å². The van der Waals surface area contributed by atoms with Crippen molar-refractivity contribution in [2.75, 3.05) is 26.2 Å².